The maximum absolute atomic E-state index is 5.55. The van der Waals surface area contributed by atoms with Crippen LogP contribution in [0.15, 0.2) is 18.2 Å². The van der Waals surface area contributed by atoms with Gasteiger partial charge in [-0.2, -0.15) is 0 Å². The minimum absolute atomic E-state index is 0.458. The third-order valence-electron chi connectivity index (χ3n) is 2.78. The number of hydrogen-bond donors (Lipinski definition) is 0. The number of fused-ring (bicyclic) bond motifs is 1. The third kappa shape index (κ3) is 2.28. The zero-order valence-corrected chi connectivity index (χ0v) is 10.6. The first-order valence-corrected chi connectivity index (χ1v) is 6.13. The summed E-state index contributed by atoms with van der Waals surface area (Å²) in [6, 6.07) is 6.18. The van der Waals surface area contributed by atoms with Crippen LogP contribution in [-0.2, 0) is 0 Å². The van der Waals surface area contributed by atoms with E-state index < -0.39 is 0 Å². The second-order valence-corrected chi connectivity index (χ2v) is 5.31. The molecule has 0 aromatic heterocycles. The van der Waals surface area contributed by atoms with E-state index in [0.29, 0.717) is 24.0 Å². The van der Waals surface area contributed by atoms with Gasteiger partial charge < -0.3 is 9.47 Å². The van der Waals surface area contributed by atoms with E-state index >= 15 is 0 Å². The molecule has 82 valence electrons. The molecular weight excluding hydrogens is 256 g/mol. The van der Waals surface area contributed by atoms with Gasteiger partial charge in [0.15, 0.2) is 11.5 Å². The summed E-state index contributed by atoms with van der Waals surface area (Å²) in [6.45, 7) is 5.65. The minimum Gasteiger partial charge on any atom is -0.486 e. The molecule has 1 aromatic rings. The highest BCUT2D eigenvalue weighted by molar-refractivity contribution is 9.09. The van der Waals surface area contributed by atoms with Crippen molar-refractivity contribution >= 4 is 15.9 Å². The average Bonchev–Trinajstić information content (AvgIpc) is 2.27. The van der Waals surface area contributed by atoms with Crippen molar-refractivity contribution in [2.45, 2.75) is 24.6 Å². The van der Waals surface area contributed by atoms with Crippen LogP contribution in [0.3, 0.4) is 0 Å². The number of rotatable bonds is 2. The first-order valence-electron chi connectivity index (χ1n) is 5.22. The van der Waals surface area contributed by atoms with E-state index in [1.165, 1.54) is 5.56 Å². The molecule has 0 N–H and O–H groups in total. The van der Waals surface area contributed by atoms with E-state index in [0.717, 1.165) is 11.5 Å². The van der Waals surface area contributed by atoms with Crippen LogP contribution in [-0.4, -0.2) is 18.0 Å². The van der Waals surface area contributed by atoms with E-state index in [9.17, 15) is 0 Å². The lowest BCUT2D eigenvalue weighted by molar-refractivity contribution is 0.171. The molecule has 0 fully saturated rings. The van der Waals surface area contributed by atoms with Crippen molar-refractivity contribution in [1.29, 1.82) is 0 Å². The molecule has 1 aliphatic heterocycles. The lowest BCUT2D eigenvalue weighted by Crippen LogP contribution is -2.16. The fourth-order valence-electron chi connectivity index (χ4n) is 1.61. The number of ether oxygens (including phenoxy) is 2. The first kappa shape index (κ1) is 10.8. The summed E-state index contributed by atoms with van der Waals surface area (Å²) in [5, 5.41) is 0. The van der Waals surface area contributed by atoms with E-state index in [1.54, 1.807) is 0 Å². The summed E-state index contributed by atoms with van der Waals surface area (Å²) in [5.41, 5.74) is 1.28. The Hall–Kier alpha value is -0.700. The molecule has 0 bridgehead atoms. The molecule has 0 saturated carbocycles. The van der Waals surface area contributed by atoms with Gasteiger partial charge in [0.25, 0.3) is 0 Å². The van der Waals surface area contributed by atoms with Gasteiger partial charge in [0.1, 0.15) is 13.2 Å². The van der Waals surface area contributed by atoms with Crippen LogP contribution in [0.5, 0.6) is 11.5 Å². The summed E-state index contributed by atoms with van der Waals surface area (Å²) in [5.74, 6) is 2.21. The van der Waals surface area contributed by atoms with Crippen LogP contribution in [0.4, 0.5) is 0 Å². The molecule has 3 heteroatoms. The highest BCUT2D eigenvalue weighted by Crippen LogP contribution is 2.34. The normalized spacial score (nSPS) is 18.3. The van der Waals surface area contributed by atoms with Gasteiger partial charge in [0.05, 0.1) is 0 Å². The predicted molar refractivity (Wildman–Crippen MR) is 64.2 cm³/mol. The van der Waals surface area contributed by atoms with Crippen molar-refractivity contribution in [3.63, 3.8) is 0 Å². The molecule has 0 radical (unpaired) electrons. The monoisotopic (exact) mass is 270 g/mol. The van der Waals surface area contributed by atoms with Crippen LogP contribution < -0.4 is 9.47 Å². The molecule has 15 heavy (non-hydrogen) atoms. The molecule has 2 rings (SSSR count). The molecule has 2 nitrogen and oxygen atoms in total. The van der Waals surface area contributed by atoms with Crippen molar-refractivity contribution in [2.24, 2.45) is 0 Å². The molecule has 1 heterocycles. The van der Waals surface area contributed by atoms with Crippen LogP contribution in [0.25, 0.3) is 0 Å². The highest BCUT2D eigenvalue weighted by Gasteiger charge is 2.16. The van der Waals surface area contributed by atoms with E-state index in [-0.39, 0.29) is 0 Å². The minimum atomic E-state index is 0.458. The largest absolute Gasteiger partial charge is 0.486 e. The van der Waals surface area contributed by atoms with Gasteiger partial charge >= 0.3 is 0 Å². The Labute approximate surface area is 98.7 Å². The number of halogens is 1. The fourth-order valence-corrected chi connectivity index (χ4v) is 1.91. The number of benzene rings is 1. The standard InChI is InChI=1S/C12H15BrO2/c1-8(9(2)13)10-3-4-11-12(7-10)15-6-5-14-11/h3-4,7-9H,5-6H2,1-2H3. The Morgan fingerprint density at radius 1 is 1.13 bits per heavy atom. The molecular formula is C12H15BrO2. The van der Waals surface area contributed by atoms with Crippen molar-refractivity contribution < 1.29 is 9.47 Å². The van der Waals surface area contributed by atoms with Gasteiger partial charge in [-0.25, -0.2) is 0 Å². The predicted octanol–water partition coefficient (Wildman–Crippen LogP) is 3.34. The van der Waals surface area contributed by atoms with Crippen LogP contribution >= 0.6 is 15.9 Å². The van der Waals surface area contributed by atoms with Gasteiger partial charge in [0.2, 0.25) is 0 Å². The maximum atomic E-state index is 5.55. The Morgan fingerprint density at radius 3 is 2.47 bits per heavy atom. The summed E-state index contributed by atoms with van der Waals surface area (Å²) < 4.78 is 11.0. The molecule has 0 amide bonds. The molecule has 0 saturated heterocycles. The second kappa shape index (κ2) is 4.44. The average molecular weight is 271 g/mol. The lowest BCUT2D eigenvalue weighted by atomic mass is 9.98. The van der Waals surface area contributed by atoms with E-state index in [4.69, 9.17) is 9.47 Å². The number of hydrogen-bond acceptors (Lipinski definition) is 2. The molecule has 2 atom stereocenters. The molecule has 1 aliphatic rings. The van der Waals surface area contributed by atoms with Crippen LogP contribution in [0.1, 0.15) is 25.3 Å². The zero-order valence-electron chi connectivity index (χ0n) is 9.00. The van der Waals surface area contributed by atoms with E-state index in [1.807, 2.05) is 6.07 Å². The summed E-state index contributed by atoms with van der Waals surface area (Å²) >= 11 is 3.60. The van der Waals surface area contributed by atoms with Gasteiger partial charge in [-0.3, -0.25) is 0 Å². The van der Waals surface area contributed by atoms with Gasteiger partial charge in [-0.05, 0) is 23.6 Å². The zero-order chi connectivity index (χ0) is 10.8. The Balaban J connectivity index is 2.27. The Kier molecular flexibility index (Phi) is 3.19. The Morgan fingerprint density at radius 2 is 1.80 bits per heavy atom. The molecule has 2 unspecified atom stereocenters. The van der Waals surface area contributed by atoms with Crippen molar-refractivity contribution in [1.82, 2.24) is 0 Å². The van der Waals surface area contributed by atoms with Gasteiger partial charge in [0, 0.05) is 4.83 Å². The number of alkyl halides is 1. The van der Waals surface area contributed by atoms with E-state index in [2.05, 4.69) is 41.9 Å². The van der Waals surface area contributed by atoms with Gasteiger partial charge in [-0.15, -0.1) is 0 Å². The second-order valence-electron chi connectivity index (χ2n) is 3.87. The molecule has 1 aromatic carbocycles. The topological polar surface area (TPSA) is 18.5 Å². The molecule has 0 aliphatic carbocycles. The van der Waals surface area contributed by atoms with Gasteiger partial charge in [-0.1, -0.05) is 35.8 Å². The van der Waals surface area contributed by atoms with Crippen molar-refractivity contribution in [3.8, 4) is 11.5 Å². The third-order valence-corrected chi connectivity index (χ3v) is 3.57. The summed E-state index contributed by atoms with van der Waals surface area (Å²) in [7, 11) is 0. The smallest absolute Gasteiger partial charge is 0.161 e. The first-order chi connectivity index (χ1) is 7.18. The highest BCUT2D eigenvalue weighted by atomic mass is 79.9. The van der Waals surface area contributed by atoms with Crippen LogP contribution in [0, 0.1) is 0 Å². The maximum Gasteiger partial charge on any atom is 0.161 e. The fraction of sp³-hybridized carbons (Fsp3) is 0.500. The molecule has 0 spiro atoms. The SMILES string of the molecule is CC(Br)C(C)c1ccc2c(c1)OCCO2. The quantitative estimate of drug-likeness (QED) is 0.768. The Bertz CT molecular complexity index is 349. The van der Waals surface area contributed by atoms with Crippen molar-refractivity contribution in [2.75, 3.05) is 13.2 Å². The van der Waals surface area contributed by atoms with Crippen LogP contribution in [0.2, 0.25) is 0 Å². The van der Waals surface area contributed by atoms with Crippen molar-refractivity contribution in [3.05, 3.63) is 23.8 Å². The summed E-state index contributed by atoms with van der Waals surface area (Å²) in [6.07, 6.45) is 0. The lowest BCUT2D eigenvalue weighted by Gasteiger charge is -2.21. The summed E-state index contributed by atoms with van der Waals surface area (Å²) in [4.78, 5) is 0.458.